The molecule has 0 heterocycles. The Labute approximate surface area is 84.4 Å². The van der Waals surface area contributed by atoms with E-state index in [-0.39, 0.29) is 11.7 Å². The van der Waals surface area contributed by atoms with Gasteiger partial charge in [0.25, 0.3) is 0 Å². The quantitative estimate of drug-likeness (QED) is 0.628. The maximum atomic E-state index is 11.7. The van der Waals surface area contributed by atoms with Crippen molar-refractivity contribution < 1.29 is 9.59 Å². The van der Waals surface area contributed by atoms with E-state index in [1.54, 1.807) is 6.92 Å². The second-order valence-electron chi connectivity index (χ2n) is 4.53. The van der Waals surface area contributed by atoms with Crippen molar-refractivity contribution in [3.05, 3.63) is 12.2 Å². The van der Waals surface area contributed by atoms with E-state index in [1.165, 1.54) is 0 Å². The van der Waals surface area contributed by atoms with E-state index < -0.39 is 0 Å². The lowest BCUT2D eigenvalue weighted by Crippen LogP contribution is -2.19. The third kappa shape index (κ3) is 1.66. The van der Waals surface area contributed by atoms with Crippen LogP contribution in [0.15, 0.2) is 12.2 Å². The van der Waals surface area contributed by atoms with E-state index in [9.17, 15) is 9.59 Å². The van der Waals surface area contributed by atoms with E-state index in [0.717, 1.165) is 12.8 Å². The van der Waals surface area contributed by atoms with Gasteiger partial charge in [-0.25, -0.2) is 0 Å². The highest BCUT2D eigenvalue weighted by Gasteiger charge is 2.41. The number of fused-ring (bicyclic) bond motifs is 1. The summed E-state index contributed by atoms with van der Waals surface area (Å²) >= 11 is 0. The summed E-state index contributed by atoms with van der Waals surface area (Å²) < 4.78 is 0. The van der Waals surface area contributed by atoms with Crippen molar-refractivity contribution in [3.8, 4) is 0 Å². The maximum Gasteiger partial charge on any atom is 0.136 e. The molecule has 0 saturated heterocycles. The van der Waals surface area contributed by atoms with E-state index in [1.807, 2.05) is 0 Å². The Morgan fingerprint density at radius 1 is 1.57 bits per heavy atom. The Balaban J connectivity index is 2.13. The molecule has 3 atom stereocenters. The molecule has 2 rings (SSSR count). The van der Waals surface area contributed by atoms with Crippen LogP contribution >= 0.6 is 0 Å². The molecule has 76 valence electrons. The Bertz CT molecular complexity index is 291. The Kier molecular flexibility index (Phi) is 2.53. The average Bonchev–Trinajstić information content (AvgIpc) is 2.44. The van der Waals surface area contributed by atoms with Gasteiger partial charge >= 0.3 is 0 Å². The van der Waals surface area contributed by atoms with Gasteiger partial charge in [0.1, 0.15) is 11.6 Å². The molecule has 2 heteroatoms. The fraction of sp³-hybridized carbons (Fsp3) is 0.667. The minimum Gasteiger partial charge on any atom is -0.300 e. The van der Waals surface area contributed by atoms with Crippen molar-refractivity contribution in [2.24, 2.45) is 17.8 Å². The molecular weight excluding hydrogens is 176 g/mol. The molecule has 2 aliphatic carbocycles. The number of carbonyl (C=O) groups is 2. The molecule has 0 spiro atoms. The molecule has 0 unspecified atom stereocenters. The molecule has 0 aliphatic heterocycles. The predicted molar refractivity (Wildman–Crippen MR) is 53.8 cm³/mol. The lowest BCUT2D eigenvalue weighted by Gasteiger charge is -2.22. The van der Waals surface area contributed by atoms with Crippen LogP contribution in [0.2, 0.25) is 0 Å². The van der Waals surface area contributed by atoms with Gasteiger partial charge in [0.15, 0.2) is 0 Å². The van der Waals surface area contributed by atoms with Gasteiger partial charge in [-0.05, 0) is 31.6 Å². The van der Waals surface area contributed by atoms with Gasteiger partial charge in [-0.1, -0.05) is 12.2 Å². The van der Waals surface area contributed by atoms with Crippen LogP contribution in [0.1, 0.15) is 32.6 Å². The highest BCUT2D eigenvalue weighted by atomic mass is 16.1. The molecule has 0 amide bonds. The van der Waals surface area contributed by atoms with E-state index in [0.29, 0.717) is 30.5 Å². The van der Waals surface area contributed by atoms with Crippen molar-refractivity contribution in [1.29, 1.82) is 0 Å². The second-order valence-corrected chi connectivity index (χ2v) is 4.53. The Hall–Kier alpha value is -0.920. The minimum absolute atomic E-state index is 0.211. The van der Waals surface area contributed by atoms with Gasteiger partial charge < -0.3 is 4.79 Å². The number of allylic oxidation sites excluding steroid dienone is 2. The smallest absolute Gasteiger partial charge is 0.136 e. The second kappa shape index (κ2) is 3.68. The van der Waals surface area contributed by atoms with Gasteiger partial charge in [0.05, 0.1) is 0 Å². The standard InChI is InChI=1S/C12H16O2/c1-8(13)6-9-7-12(14)11-5-3-2-4-10(9)11/h2,4,9-11H,3,5-7H2,1H3/t9-,10-,11-/m1/s1. The van der Waals surface area contributed by atoms with Crippen molar-refractivity contribution in [3.63, 3.8) is 0 Å². The molecule has 0 aromatic heterocycles. The van der Waals surface area contributed by atoms with Gasteiger partial charge in [0, 0.05) is 18.8 Å². The van der Waals surface area contributed by atoms with Crippen LogP contribution in [0.4, 0.5) is 0 Å². The summed E-state index contributed by atoms with van der Waals surface area (Å²) in [5, 5.41) is 0. The summed E-state index contributed by atoms with van der Waals surface area (Å²) in [7, 11) is 0. The van der Waals surface area contributed by atoms with Crippen LogP contribution < -0.4 is 0 Å². The zero-order valence-corrected chi connectivity index (χ0v) is 8.53. The fourth-order valence-corrected chi connectivity index (χ4v) is 2.84. The number of Topliss-reactive ketones (excluding diaryl/α,β-unsaturated/α-hetero) is 2. The normalized spacial score (nSPS) is 35.8. The molecule has 0 bridgehead atoms. The van der Waals surface area contributed by atoms with Crippen LogP contribution in [0.5, 0.6) is 0 Å². The summed E-state index contributed by atoms with van der Waals surface area (Å²) in [4.78, 5) is 22.7. The van der Waals surface area contributed by atoms with E-state index in [4.69, 9.17) is 0 Å². The molecular formula is C12H16O2. The SMILES string of the molecule is CC(=O)C[C@@H]1CC(=O)[C@@H]2CCC=C[C@H]12. The van der Waals surface area contributed by atoms with Crippen molar-refractivity contribution >= 4 is 11.6 Å². The molecule has 0 aromatic rings. The topological polar surface area (TPSA) is 34.1 Å². The van der Waals surface area contributed by atoms with Crippen molar-refractivity contribution in [2.75, 3.05) is 0 Å². The Morgan fingerprint density at radius 3 is 3.07 bits per heavy atom. The number of ketones is 2. The van der Waals surface area contributed by atoms with Gasteiger partial charge in [0.2, 0.25) is 0 Å². The monoisotopic (exact) mass is 192 g/mol. The lowest BCUT2D eigenvalue weighted by atomic mass is 9.81. The first-order valence-electron chi connectivity index (χ1n) is 5.37. The summed E-state index contributed by atoms with van der Waals surface area (Å²) in [6.07, 6.45) is 7.55. The van der Waals surface area contributed by atoms with Crippen LogP contribution in [0.3, 0.4) is 0 Å². The van der Waals surface area contributed by atoms with Crippen LogP contribution in [0.25, 0.3) is 0 Å². The first kappa shape index (κ1) is 9.63. The maximum absolute atomic E-state index is 11.7. The molecule has 1 saturated carbocycles. The van der Waals surface area contributed by atoms with Crippen LogP contribution in [-0.4, -0.2) is 11.6 Å². The Morgan fingerprint density at radius 2 is 2.36 bits per heavy atom. The first-order valence-corrected chi connectivity index (χ1v) is 5.37. The molecule has 14 heavy (non-hydrogen) atoms. The van der Waals surface area contributed by atoms with Gasteiger partial charge in [-0.15, -0.1) is 0 Å². The molecule has 2 aliphatic rings. The predicted octanol–water partition coefficient (Wildman–Crippen LogP) is 2.14. The average molecular weight is 192 g/mol. The number of rotatable bonds is 2. The van der Waals surface area contributed by atoms with Crippen molar-refractivity contribution in [2.45, 2.75) is 32.6 Å². The van der Waals surface area contributed by atoms with E-state index in [2.05, 4.69) is 12.2 Å². The highest BCUT2D eigenvalue weighted by molar-refractivity contribution is 5.86. The zero-order chi connectivity index (χ0) is 10.1. The minimum atomic E-state index is 0.211. The molecule has 2 nitrogen and oxygen atoms in total. The lowest BCUT2D eigenvalue weighted by molar-refractivity contribution is -0.121. The third-order valence-corrected chi connectivity index (χ3v) is 3.44. The van der Waals surface area contributed by atoms with Gasteiger partial charge in [-0.3, -0.25) is 4.79 Å². The highest BCUT2D eigenvalue weighted by Crippen LogP contribution is 2.42. The van der Waals surface area contributed by atoms with E-state index >= 15 is 0 Å². The molecule has 0 N–H and O–H groups in total. The fourth-order valence-electron chi connectivity index (χ4n) is 2.84. The number of hydrogen-bond donors (Lipinski definition) is 0. The summed E-state index contributed by atoms with van der Waals surface area (Å²) in [6, 6.07) is 0. The van der Waals surface area contributed by atoms with Crippen molar-refractivity contribution in [1.82, 2.24) is 0 Å². The zero-order valence-electron chi connectivity index (χ0n) is 8.53. The molecule has 1 fully saturated rings. The summed E-state index contributed by atoms with van der Waals surface area (Å²) in [6.45, 7) is 1.62. The number of carbonyl (C=O) groups excluding carboxylic acids is 2. The molecule has 0 aromatic carbocycles. The van der Waals surface area contributed by atoms with Crippen LogP contribution in [-0.2, 0) is 9.59 Å². The molecule has 0 radical (unpaired) electrons. The third-order valence-electron chi connectivity index (χ3n) is 3.44. The first-order chi connectivity index (χ1) is 6.68. The number of hydrogen-bond acceptors (Lipinski definition) is 2. The summed E-state index contributed by atoms with van der Waals surface area (Å²) in [5.41, 5.74) is 0. The van der Waals surface area contributed by atoms with Gasteiger partial charge in [-0.2, -0.15) is 0 Å². The largest absolute Gasteiger partial charge is 0.300 e. The van der Waals surface area contributed by atoms with Crippen LogP contribution in [0, 0.1) is 17.8 Å². The summed E-state index contributed by atoms with van der Waals surface area (Å²) in [5.74, 6) is 1.47.